The molecule has 1 aliphatic heterocycles. The van der Waals surface area contributed by atoms with Gasteiger partial charge in [0.05, 0.1) is 32.0 Å². The van der Waals surface area contributed by atoms with E-state index < -0.39 is 6.10 Å². The highest BCUT2D eigenvalue weighted by molar-refractivity contribution is 4.96. The van der Waals surface area contributed by atoms with Gasteiger partial charge in [0.25, 0.3) is 0 Å². The Kier molecular flexibility index (Phi) is 3.85. The van der Waals surface area contributed by atoms with Gasteiger partial charge in [0.2, 0.25) is 0 Å². The van der Waals surface area contributed by atoms with Gasteiger partial charge in [0, 0.05) is 5.54 Å². The molecule has 0 spiro atoms. The fraction of sp³-hybridized carbons (Fsp3) is 1.00. The third kappa shape index (κ3) is 2.56. The van der Waals surface area contributed by atoms with Crippen molar-refractivity contribution in [1.82, 2.24) is 5.32 Å². The van der Waals surface area contributed by atoms with Crippen molar-refractivity contribution in [1.29, 1.82) is 0 Å². The first-order valence-corrected chi connectivity index (χ1v) is 6.29. The Morgan fingerprint density at radius 3 is 2.50 bits per heavy atom. The molecular formula is C12H23NO3. The minimum Gasteiger partial charge on any atom is -0.394 e. The van der Waals surface area contributed by atoms with E-state index in [1.165, 1.54) is 0 Å². The predicted octanol–water partition coefficient (Wildman–Crippen LogP) is 0.277. The lowest BCUT2D eigenvalue weighted by Crippen LogP contribution is -2.57. The van der Waals surface area contributed by atoms with E-state index in [1.807, 2.05) is 0 Å². The van der Waals surface area contributed by atoms with Crippen molar-refractivity contribution in [2.45, 2.75) is 50.3 Å². The Bertz CT molecular complexity index is 226. The van der Waals surface area contributed by atoms with Crippen LogP contribution >= 0.6 is 0 Å². The lowest BCUT2D eigenvalue weighted by atomic mass is 9.77. The summed E-state index contributed by atoms with van der Waals surface area (Å²) >= 11 is 0. The van der Waals surface area contributed by atoms with Crippen molar-refractivity contribution < 1.29 is 14.9 Å². The molecule has 0 radical (unpaired) electrons. The molecule has 1 saturated carbocycles. The van der Waals surface area contributed by atoms with E-state index in [4.69, 9.17) is 4.74 Å². The minimum atomic E-state index is -0.428. The first-order chi connectivity index (χ1) is 7.65. The maximum absolute atomic E-state index is 9.71. The van der Waals surface area contributed by atoms with E-state index in [9.17, 15) is 10.2 Å². The van der Waals surface area contributed by atoms with E-state index >= 15 is 0 Å². The summed E-state index contributed by atoms with van der Waals surface area (Å²) < 4.78 is 5.23. The van der Waals surface area contributed by atoms with Crippen LogP contribution < -0.4 is 5.32 Å². The quantitative estimate of drug-likeness (QED) is 0.650. The number of rotatable bonds is 3. The number of hydrogen-bond acceptors (Lipinski definition) is 4. The Morgan fingerprint density at radius 1 is 1.31 bits per heavy atom. The molecular weight excluding hydrogens is 206 g/mol. The molecule has 1 aliphatic carbocycles. The van der Waals surface area contributed by atoms with E-state index in [-0.39, 0.29) is 18.2 Å². The van der Waals surface area contributed by atoms with Crippen molar-refractivity contribution >= 4 is 0 Å². The molecule has 0 aromatic heterocycles. The molecule has 0 bridgehead atoms. The molecule has 2 fully saturated rings. The zero-order chi connectivity index (χ0) is 11.6. The first-order valence-electron chi connectivity index (χ1n) is 6.29. The van der Waals surface area contributed by atoms with Crippen LogP contribution in [0, 0.1) is 5.92 Å². The molecule has 0 aromatic rings. The number of nitrogens with one attached hydrogen (secondary N) is 1. The van der Waals surface area contributed by atoms with Gasteiger partial charge in [-0.25, -0.2) is 0 Å². The molecule has 4 heteroatoms. The molecule has 1 saturated heterocycles. The Balaban J connectivity index is 1.93. The average Bonchev–Trinajstić information content (AvgIpc) is 2.68. The molecule has 16 heavy (non-hydrogen) atoms. The highest BCUT2D eigenvalue weighted by atomic mass is 16.5. The van der Waals surface area contributed by atoms with Crippen LogP contribution in [-0.4, -0.2) is 47.7 Å². The fourth-order valence-corrected chi connectivity index (χ4v) is 2.74. The fourth-order valence-electron chi connectivity index (χ4n) is 2.74. The summed E-state index contributed by atoms with van der Waals surface area (Å²) in [6.07, 6.45) is 3.86. The highest BCUT2D eigenvalue weighted by Crippen LogP contribution is 2.32. The number of ether oxygens (including phenoxy) is 1. The summed E-state index contributed by atoms with van der Waals surface area (Å²) in [5.41, 5.74) is -0.189. The van der Waals surface area contributed by atoms with Gasteiger partial charge in [-0.3, -0.25) is 0 Å². The van der Waals surface area contributed by atoms with Crippen molar-refractivity contribution in [2.75, 3.05) is 19.8 Å². The molecule has 4 nitrogen and oxygen atoms in total. The summed E-state index contributed by atoms with van der Waals surface area (Å²) in [5, 5.41) is 22.7. The van der Waals surface area contributed by atoms with Crippen molar-refractivity contribution in [2.24, 2.45) is 5.92 Å². The summed E-state index contributed by atoms with van der Waals surface area (Å²) in [6.45, 7) is 3.38. The lowest BCUT2D eigenvalue weighted by Gasteiger charge is -2.41. The van der Waals surface area contributed by atoms with Crippen LogP contribution in [0.25, 0.3) is 0 Å². The second-order valence-corrected chi connectivity index (χ2v) is 5.48. The van der Waals surface area contributed by atoms with E-state index in [1.54, 1.807) is 0 Å². The molecule has 94 valence electrons. The smallest absolute Gasteiger partial charge is 0.0948 e. The van der Waals surface area contributed by atoms with Crippen LogP contribution in [0.2, 0.25) is 0 Å². The van der Waals surface area contributed by atoms with Gasteiger partial charge in [0.15, 0.2) is 0 Å². The third-order valence-corrected chi connectivity index (χ3v) is 4.08. The first kappa shape index (κ1) is 12.3. The molecule has 0 amide bonds. The van der Waals surface area contributed by atoms with Crippen LogP contribution in [0.3, 0.4) is 0 Å². The van der Waals surface area contributed by atoms with Crippen LogP contribution in [0.15, 0.2) is 0 Å². The van der Waals surface area contributed by atoms with E-state index in [2.05, 4.69) is 12.2 Å². The van der Waals surface area contributed by atoms with E-state index in [0.29, 0.717) is 13.2 Å². The Morgan fingerprint density at radius 2 is 2.00 bits per heavy atom. The van der Waals surface area contributed by atoms with Gasteiger partial charge < -0.3 is 20.3 Å². The van der Waals surface area contributed by atoms with Gasteiger partial charge in [-0.2, -0.15) is 0 Å². The number of aliphatic hydroxyl groups excluding tert-OH is 2. The van der Waals surface area contributed by atoms with Gasteiger partial charge in [0.1, 0.15) is 0 Å². The minimum absolute atomic E-state index is 0.0134. The second-order valence-electron chi connectivity index (χ2n) is 5.48. The van der Waals surface area contributed by atoms with Crippen molar-refractivity contribution in [3.8, 4) is 0 Å². The number of aliphatic hydroxyl groups is 2. The summed E-state index contributed by atoms with van der Waals surface area (Å²) in [6, 6.07) is -0.0134. The van der Waals surface area contributed by atoms with Gasteiger partial charge in [-0.05, 0) is 31.6 Å². The molecule has 2 rings (SSSR count). The van der Waals surface area contributed by atoms with Crippen LogP contribution in [0.4, 0.5) is 0 Å². The zero-order valence-electron chi connectivity index (χ0n) is 9.98. The normalized spacial score (nSPS) is 44.8. The second kappa shape index (κ2) is 5.00. The summed E-state index contributed by atoms with van der Waals surface area (Å²) in [5.74, 6) is 0.756. The Hall–Kier alpha value is -0.160. The summed E-state index contributed by atoms with van der Waals surface area (Å²) in [7, 11) is 0. The molecule has 2 atom stereocenters. The zero-order valence-corrected chi connectivity index (χ0v) is 9.98. The van der Waals surface area contributed by atoms with Crippen LogP contribution in [-0.2, 0) is 4.74 Å². The standard InChI is InChI=1S/C12H23NO3/c1-9-2-4-12(8-14,5-3-9)13-10-6-16-7-11(10)15/h9-11,13-15H,2-8H2,1H3. The Labute approximate surface area is 97.0 Å². The molecule has 2 aliphatic rings. The van der Waals surface area contributed by atoms with Crippen molar-refractivity contribution in [3.05, 3.63) is 0 Å². The molecule has 0 aromatic carbocycles. The monoisotopic (exact) mass is 229 g/mol. The van der Waals surface area contributed by atoms with Crippen molar-refractivity contribution in [3.63, 3.8) is 0 Å². The maximum Gasteiger partial charge on any atom is 0.0948 e. The van der Waals surface area contributed by atoms with Crippen LogP contribution in [0.5, 0.6) is 0 Å². The highest BCUT2D eigenvalue weighted by Gasteiger charge is 2.38. The predicted molar refractivity (Wildman–Crippen MR) is 61.2 cm³/mol. The topological polar surface area (TPSA) is 61.7 Å². The average molecular weight is 229 g/mol. The van der Waals surface area contributed by atoms with E-state index in [0.717, 1.165) is 31.6 Å². The largest absolute Gasteiger partial charge is 0.394 e. The number of hydrogen-bond donors (Lipinski definition) is 3. The van der Waals surface area contributed by atoms with Gasteiger partial charge >= 0.3 is 0 Å². The SMILES string of the molecule is CC1CCC(CO)(NC2COCC2O)CC1. The van der Waals surface area contributed by atoms with Gasteiger partial charge in [-0.1, -0.05) is 6.92 Å². The summed E-state index contributed by atoms with van der Waals surface area (Å²) in [4.78, 5) is 0. The molecule has 2 unspecified atom stereocenters. The van der Waals surface area contributed by atoms with Crippen LogP contribution in [0.1, 0.15) is 32.6 Å². The van der Waals surface area contributed by atoms with Gasteiger partial charge in [-0.15, -0.1) is 0 Å². The molecule has 3 N–H and O–H groups in total. The lowest BCUT2D eigenvalue weighted by molar-refractivity contribution is 0.0701. The molecule has 1 heterocycles. The third-order valence-electron chi connectivity index (χ3n) is 4.08. The maximum atomic E-state index is 9.71.